The van der Waals surface area contributed by atoms with Gasteiger partial charge in [-0.05, 0) is 38.5 Å². The summed E-state index contributed by atoms with van der Waals surface area (Å²) in [5, 5.41) is 3.86. The van der Waals surface area contributed by atoms with E-state index in [1.807, 2.05) is 0 Å². The molecule has 1 heterocycles. The number of rotatable bonds is 5. The fraction of sp³-hybridized carbons (Fsp3) is 1.00. The Morgan fingerprint density at radius 2 is 2.06 bits per heavy atom. The predicted molar refractivity (Wildman–Crippen MR) is 67.6 cm³/mol. The summed E-state index contributed by atoms with van der Waals surface area (Å²) in [5.74, 6) is 0.938. The third kappa shape index (κ3) is 2.98. The molecular weight excluding hydrogens is 198 g/mol. The molecule has 0 bridgehead atoms. The lowest BCUT2D eigenvalue weighted by atomic mass is 9.95. The van der Waals surface area contributed by atoms with Crippen molar-refractivity contribution >= 4 is 0 Å². The number of ether oxygens (including phenoxy) is 1. The molecule has 1 N–H and O–H groups in total. The van der Waals surface area contributed by atoms with Crippen LogP contribution < -0.4 is 5.32 Å². The Labute approximate surface area is 100 Å². The third-order valence-corrected chi connectivity index (χ3v) is 4.39. The van der Waals surface area contributed by atoms with Gasteiger partial charge in [-0.15, -0.1) is 0 Å². The van der Waals surface area contributed by atoms with Crippen LogP contribution in [0.4, 0.5) is 0 Å². The van der Waals surface area contributed by atoms with Crippen LogP contribution in [0, 0.1) is 5.92 Å². The molecular formula is C14H27NO. The second-order valence-corrected chi connectivity index (χ2v) is 5.58. The topological polar surface area (TPSA) is 21.3 Å². The van der Waals surface area contributed by atoms with Crippen molar-refractivity contribution in [1.29, 1.82) is 0 Å². The Balaban J connectivity index is 1.78. The van der Waals surface area contributed by atoms with E-state index in [1.165, 1.54) is 44.9 Å². The van der Waals surface area contributed by atoms with Gasteiger partial charge in [0.2, 0.25) is 0 Å². The summed E-state index contributed by atoms with van der Waals surface area (Å²) in [6.45, 7) is 5.45. The minimum atomic E-state index is 0.424. The van der Waals surface area contributed by atoms with E-state index in [0.29, 0.717) is 12.1 Å². The van der Waals surface area contributed by atoms with Crippen LogP contribution in [0.5, 0.6) is 0 Å². The fourth-order valence-electron chi connectivity index (χ4n) is 3.29. The molecule has 0 aromatic carbocycles. The molecule has 1 saturated heterocycles. The molecule has 0 spiro atoms. The van der Waals surface area contributed by atoms with Gasteiger partial charge >= 0.3 is 0 Å². The second kappa shape index (κ2) is 6.02. The van der Waals surface area contributed by atoms with Crippen molar-refractivity contribution in [3.05, 3.63) is 0 Å². The number of hydrogen-bond acceptors (Lipinski definition) is 2. The van der Waals surface area contributed by atoms with Crippen LogP contribution in [0.2, 0.25) is 0 Å². The number of unbranched alkanes of at least 4 members (excludes halogenated alkanes) is 1. The summed E-state index contributed by atoms with van der Waals surface area (Å²) >= 11 is 0. The van der Waals surface area contributed by atoms with Crippen molar-refractivity contribution in [2.75, 3.05) is 6.61 Å². The maximum Gasteiger partial charge on any atom is 0.0700 e. The first kappa shape index (κ1) is 12.4. The maximum atomic E-state index is 5.63. The van der Waals surface area contributed by atoms with Gasteiger partial charge in [-0.2, -0.15) is 0 Å². The summed E-state index contributed by atoms with van der Waals surface area (Å²) in [4.78, 5) is 0. The summed E-state index contributed by atoms with van der Waals surface area (Å²) in [5.41, 5.74) is 0. The highest BCUT2D eigenvalue weighted by Crippen LogP contribution is 2.31. The average molecular weight is 225 g/mol. The van der Waals surface area contributed by atoms with Gasteiger partial charge in [0.05, 0.1) is 6.10 Å². The first-order valence-corrected chi connectivity index (χ1v) is 7.19. The molecule has 0 radical (unpaired) electrons. The van der Waals surface area contributed by atoms with Crippen molar-refractivity contribution in [3.8, 4) is 0 Å². The second-order valence-electron chi connectivity index (χ2n) is 5.58. The molecule has 2 aliphatic rings. The molecule has 1 aliphatic heterocycles. The van der Waals surface area contributed by atoms with Gasteiger partial charge in [-0.3, -0.25) is 0 Å². The normalized spacial score (nSPS) is 39.4. The lowest BCUT2D eigenvalue weighted by molar-refractivity contribution is 0.109. The van der Waals surface area contributed by atoms with Gasteiger partial charge in [-0.1, -0.05) is 26.2 Å². The van der Waals surface area contributed by atoms with Crippen molar-refractivity contribution in [1.82, 2.24) is 5.32 Å². The summed E-state index contributed by atoms with van der Waals surface area (Å²) < 4.78 is 5.63. The van der Waals surface area contributed by atoms with E-state index < -0.39 is 0 Å². The Bertz CT molecular complexity index is 207. The van der Waals surface area contributed by atoms with Crippen LogP contribution in [0.3, 0.4) is 0 Å². The maximum absolute atomic E-state index is 5.63. The number of hydrogen-bond donors (Lipinski definition) is 1. The SMILES string of the molecule is CCCCC1CCCC1NC1CCOC1C. The van der Waals surface area contributed by atoms with Gasteiger partial charge in [0, 0.05) is 18.7 Å². The highest BCUT2D eigenvalue weighted by molar-refractivity contribution is 4.89. The molecule has 0 amide bonds. The third-order valence-electron chi connectivity index (χ3n) is 4.39. The van der Waals surface area contributed by atoms with Crippen LogP contribution in [0.1, 0.15) is 58.8 Å². The highest BCUT2D eigenvalue weighted by atomic mass is 16.5. The summed E-state index contributed by atoms with van der Waals surface area (Å²) in [7, 11) is 0. The molecule has 0 aromatic heterocycles. The zero-order valence-corrected chi connectivity index (χ0v) is 10.9. The molecule has 16 heavy (non-hydrogen) atoms. The molecule has 4 unspecified atom stereocenters. The zero-order valence-electron chi connectivity index (χ0n) is 10.9. The summed E-state index contributed by atoms with van der Waals surface area (Å²) in [6.07, 6.45) is 10.1. The average Bonchev–Trinajstić information content (AvgIpc) is 2.87. The van der Waals surface area contributed by atoms with Crippen LogP contribution in [0.15, 0.2) is 0 Å². The van der Waals surface area contributed by atoms with Crippen LogP contribution in [-0.2, 0) is 4.74 Å². The van der Waals surface area contributed by atoms with Gasteiger partial charge in [0.1, 0.15) is 0 Å². The summed E-state index contributed by atoms with van der Waals surface area (Å²) in [6, 6.07) is 1.40. The van der Waals surface area contributed by atoms with E-state index in [9.17, 15) is 0 Å². The smallest absolute Gasteiger partial charge is 0.0700 e. The van der Waals surface area contributed by atoms with E-state index in [0.717, 1.165) is 18.6 Å². The Kier molecular flexibility index (Phi) is 4.66. The molecule has 94 valence electrons. The molecule has 2 nitrogen and oxygen atoms in total. The lowest BCUT2D eigenvalue weighted by Crippen LogP contribution is -2.43. The van der Waals surface area contributed by atoms with Crippen molar-refractivity contribution < 1.29 is 4.74 Å². The largest absolute Gasteiger partial charge is 0.377 e. The van der Waals surface area contributed by atoms with Crippen LogP contribution in [0.25, 0.3) is 0 Å². The molecule has 1 saturated carbocycles. The van der Waals surface area contributed by atoms with Crippen molar-refractivity contribution in [3.63, 3.8) is 0 Å². The van der Waals surface area contributed by atoms with Gasteiger partial charge < -0.3 is 10.1 Å². The number of nitrogens with one attached hydrogen (secondary N) is 1. The Hall–Kier alpha value is -0.0800. The van der Waals surface area contributed by atoms with E-state index in [1.54, 1.807) is 0 Å². The molecule has 0 aromatic rings. The molecule has 2 heteroatoms. The minimum absolute atomic E-state index is 0.424. The molecule has 2 rings (SSSR count). The minimum Gasteiger partial charge on any atom is -0.377 e. The lowest BCUT2D eigenvalue weighted by Gasteiger charge is -2.26. The molecule has 2 fully saturated rings. The van der Waals surface area contributed by atoms with Gasteiger partial charge in [-0.25, -0.2) is 0 Å². The monoisotopic (exact) mass is 225 g/mol. The van der Waals surface area contributed by atoms with Crippen LogP contribution in [-0.4, -0.2) is 24.8 Å². The Morgan fingerprint density at radius 3 is 2.75 bits per heavy atom. The molecule has 4 atom stereocenters. The highest BCUT2D eigenvalue weighted by Gasteiger charge is 2.32. The first-order valence-electron chi connectivity index (χ1n) is 7.19. The van der Waals surface area contributed by atoms with Crippen molar-refractivity contribution in [2.24, 2.45) is 5.92 Å². The Morgan fingerprint density at radius 1 is 1.19 bits per heavy atom. The van der Waals surface area contributed by atoms with E-state index >= 15 is 0 Å². The zero-order chi connectivity index (χ0) is 11.4. The standard InChI is InChI=1S/C14H27NO/c1-3-4-6-12-7-5-8-14(12)15-13-9-10-16-11(13)2/h11-15H,3-10H2,1-2H3. The quantitative estimate of drug-likeness (QED) is 0.776. The fourth-order valence-corrected chi connectivity index (χ4v) is 3.29. The van der Waals surface area contributed by atoms with E-state index in [4.69, 9.17) is 4.74 Å². The van der Waals surface area contributed by atoms with Crippen molar-refractivity contribution in [2.45, 2.75) is 77.0 Å². The first-order chi connectivity index (χ1) is 7.81. The predicted octanol–water partition coefficient (Wildman–Crippen LogP) is 3.11. The van der Waals surface area contributed by atoms with Gasteiger partial charge in [0.15, 0.2) is 0 Å². The van der Waals surface area contributed by atoms with E-state index in [2.05, 4.69) is 19.2 Å². The van der Waals surface area contributed by atoms with Crippen LogP contribution >= 0.6 is 0 Å². The molecule has 1 aliphatic carbocycles. The van der Waals surface area contributed by atoms with E-state index in [-0.39, 0.29) is 0 Å². The van der Waals surface area contributed by atoms with Gasteiger partial charge in [0.25, 0.3) is 0 Å².